The second-order valence-electron chi connectivity index (χ2n) is 5.76. The Morgan fingerprint density at radius 1 is 0.952 bits per heavy atom. The number of rotatable bonds is 1. The van der Waals surface area contributed by atoms with E-state index < -0.39 is 0 Å². The molecule has 0 spiro atoms. The summed E-state index contributed by atoms with van der Waals surface area (Å²) in [5.74, 6) is 0.984. The van der Waals surface area contributed by atoms with Gasteiger partial charge in [-0.3, -0.25) is 0 Å². The van der Waals surface area contributed by atoms with Crippen LogP contribution in [0.15, 0.2) is 54.6 Å². The standard InChI is InChI=1S/C18H15Cl2N/c19-12-6-4-11(5-7-12)18-15-3-1-2-14(15)16-10-13(20)8-9-17(16)21-18/h1-2,4-10,14-15,18,21H,3H2/t14-,15-,18-/m0/s1. The van der Waals surface area contributed by atoms with Crippen LogP contribution in [-0.4, -0.2) is 0 Å². The van der Waals surface area contributed by atoms with Crippen molar-refractivity contribution >= 4 is 28.9 Å². The molecule has 4 rings (SSSR count). The van der Waals surface area contributed by atoms with Crippen molar-refractivity contribution in [1.29, 1.82) is 0 Å². The van der Waals surface area contributed by atoms with Gasteiger partial charge in [0.1, 0.15) is 0 Å². The minimum absolute atomic E-state index is 0.316. The van der Waals surface area contributed by atoms with Gasteiger partial charge in [-0.2, -0.15) is 0 Å². The molecule has 1 N–H and O–H groups in total. The lowest BCUT2D eigenvalue weighted by Crippen LogP contribution is -2.28. The Hall–Kier alpha value is -1.44. The zero-order valence-corrected chi connectivity index (χ0v) is 12.9. The number of hydrogen-bond acceptors (Lipinski definition) is 1. The van der Waals surface area contributed by atoms with Crippen LogP contribution in [0.25, 0.3) is 0 Å². The number of halogens is 2. The molecule has 0 saturated carbocycles. The Balaban J connectivity index is 1.78. The number of anilines is 1. The number of nitrogens with one attached hydrogen (secondary N) is 1. The van der Waals surface area contributed by atoms with Crippen LogP contribution in [0.4, 0.5) is 5.69 Å². The number of hydrogen-bond donors (Lipinski definition) is 1. The van der Waals surface area contributed by atoms with Crippen LogP contribution in [0.2, 0.25) is 10.0 Å². The maximum absolute atomic E-state index is 6.17. The Morgan fingerprint density at radius 3 is 2.52 bits per heavy atom. The first-order valence-corrected chi connectivity index (χ1v) is 7.96. The molecule has 1 heterocycles. The van der Waals surface area contributed by atoms with Gasteiger partial charge in [0.25, 0.3) is 0 Å². The highest BCUT2D eigenvalue weighted by Gasteiger charge is 2.37. The van der Waals surface area contributed by atoms with Crippen molar-refractivity contribution in [3.63, 3.8) is 0 Å². The Kier molecular flexibility index (Phi) is 3.20. The fraction of sp³-hybridized carbons (Fsp3) is 0.222. The van der Waals surface area contributed by atoms with Crippen LogP contribution in [0.3, 0.4) is 0 Å². The van der Waals surface area contributed by atoms with E-state index in [1.54, 1.807) is 0 Å². The van der Waals surface area contributed by atoms with Crippen molar-refractivity contribution in [3.05, 3.63) is 75.8 Å². The second-order valence-corrected chi connectivity index (χ2v) is 6.63. The summed E-state index contributed by atoms with van der Waals surface area (Å²) in [6.45, 7) is 0. The van der Waals surface area contributed by atoms with Crippen molar-refractivity contribution in [2.24, 2.45) is 5.92 Å². The zero-order valence-electron chi connectivity index (χ0n) is 11.4. The second kappa shape index (κ2) is 5.08. The van der Waals surface area contributed by atoms with E-state index in [2.05, 4.69) is 41.7 Å². The summed E-state index contributed by atoms with van der Waals surface area (Å²) in [6.07, 6.45) is 5.70. The van der Waals surface area contributed by atoms with E-state index in [0.29, 0.717) is 17.9 Å². The molecule has 0 saturated heterocycles. The molecule has 0 fully saturated rings. The van der Waals surface area contributed by atoms with Crippen molar-refractivity contribution in [3.8, 4) is 0 Å². The molecular formula is C18H15Cl2N. The third-order valence-electron chi connectivity index (χ3n) is 4.55. The van der Waals surface area contributed by atoms with Crippen LogP contribution in [0.1, 0.15) is 29.5 Å². The first kappa shape index (κ1) is 13.2. The zero-order chi connectivity index (χ0) is 14.4. The monoisotopic (exact) mass is 315 g/mol. The van der Waals surface area contributed by atoms with E-state index in [0.717, 1.165) is 16.5 Å². The average Bonchev–Trinajstić information content (AvgIpc) is 2.97. The van der Waals surface area contributed by atoms with Gasteiger partial charge in [-0.05, 0) is 53.8 Å². The predicted octanol–water partition coefficient (Wildman–Crippen LogP) is 5.82. The molecule has 0 unspecified atom stereocenters. The third kappa shape index (κ3) is 2.25. The fourth-order valence-electron chi connectivity index (χ4n) is 3.57. The molecule has 0 aromatic heterocycles. The molecule has 0 bridgehead atoms. The summed E-state index contributed by atoms with van der Waals surface area (Å²) >= 11 is 12.2. The maximum atomic E-state index is 6.17. The van der Waals surface area contributed by atoms with Gasteiger partial charge >= 0.3 is 0 Å². The number of benzene rings is 2. The van der Waals surface area contributed by atoms with Crippen LogP contribution in [-0.2, 0) is 0 Å². The average molecular weight is 316 g/mol. The van der Waals surface area contributed by atoms with Crippen molar-refractivity contribution < 1.29 is 0 Å². The molecule has 1 aliphatic heterocycles. The van der Waals surface area contributed by atoms with Crippen molar-refractivity contribution in [2.75, 3.05) is 5.32 Å². The summed E-state index contributed by atoms with van der Waals surface area (Å²) in [4.78, 5) is 0. The molecule has 3 heteroatoms. The van der Waals surface area contributed by atoms with E-state index in [1.807, 2.05) is 18.2 Å². The van der Waals surface area contributed by atoms with E-state index >= 15 is 0 Å². The minimum Gasteiger partial charge on any atom is -0.378 e. The molecule has 1 nitrogen and oxygen atoms in total. The molecule has 2 aromatic carbocycles. The van der Waals surface area contributed by atoms with Crippen molar-refractivity contribution in [1.82, 2.24) is 0 Å². The molecule has 2 aliphatic rings. The summed E-state index contributed by atoms with van der Waals surface area (Å²) in [5.41, 5.74) is 3.79. The molecule has 21 heavy (non-hydrogen) atoms. The van der Waals surface area contributed by atoms with E-state index in [1.165, 1.54) is 16.8 Å². The van der Waals surface area contributed by atoms with Crippen LogP contribution in [0, 0.1) is 5.92 Å². The summed E-state index contributed by atoms with van der Waals surface area (Å²) < 4.78 is 0. The molecule has 3 atom stereocenters. The highest BCUT2D eigenvalue weighted by Crippen LogP contribution is 2.50. The maximum Gasteiger partial charge on any atom is 0.0553 e. The lowest BCUT2D eigenvalue weighted by molar-refractivity contribution is 0.425. The van der Waals surface area contributed by atoms with Gasteiger partial charge in [0.05, 0.1) is 6.04 Å². The van der Waals surface area contributed by atoms with Gasteiger partial charge in [-0.1, -0.05) is 47.5 Å². The largest absolute Gasteiger partial charge is 0.378 e. The van der Waals surface area contributed by atoms with E-state index in [9.17, 15) is 0 Å². The Bertz CT molecular complexity index is 706. The van der Waals surface area contributed by atoms with Crippen LogP contribution < -0.4 is 5.32 Å². The quantitative estimate of drug-likeness (QED) is 0.654. The molecule has 0 radical (unpaired) electrons. The van der Waals surface area contributed by atoms with Crippen LogP contribution >= 0.6 is 23.2 Å². The lowest BCUT2D eigenvalue weighted by atomic mass is 9.77. The smallest absolute Gasteiger partial charge is 0.0553 e. The van der Waals surface area contributed by atoms with Gasteiger partial charge in [-0.15, -0.1) is 0 Å². The first-order chi connectivity index (χ1) is 10.2. The highest BCUT2D eigenvalue weighted by molar-refractivity contribution is 6.31. The molecule has 1 aliphatic carbocycles. The summed E-state index contributed by atoms with van der Waals surface area (Å²) in [6, 6.07) is 14.6. The predicted molar refractivity (Wildman–Crippen MR) is 89.3 cm³/mol. The third-order valence-corrected chi connectivity index (χ3v) is 5.04. The minimum atomic E-state index is 0.316. The fourth-order valence-corrected chi connectivity index (χ4v) is 3.87. The molecule has 106 valence electrons. The topological polar surface area (TPSA) is 12.0 Å². The van der Waals surface area contributed by atoms with E-state index in [-0.39, 0.29) is 0 Å². The number of fused-ring (bicyclic) bond motifs is 3. The Labute approximate surface area is 134 Å². The highest BCUT2D eigenvalue weighted by atomic mass is 35.5. The normalized spacial score (nSPS) is 26.1. The lowest BCUT2D eigenvalue weighted by Gasteiger charge is -2.37. The van der Waals surface area contributed by atoms with Crippen molar-refractivity contribution in [2.45, 2.75) is 18.4 Å². The molecule has 2 aromatic rings. The van der Waals surface area contributed by atoms with Gasteiger partial charge in [0.2, 0.25) is 0 Å². The van der Waals surface area contributed by atoms with Crippen LogP contribution in [0.5, 0.6) is 0 Å². The summed E-state index contributed by atoms with van der Waals surface area (Å²) in [7, 11) is 0. The van der Waals surface area contributed by atoms with Gasteiger partial charge in [0, 0.05) is 21.7 Å². The summed E-state index contributed by atoms with van der Waals surface area (Å²) in [5, 5.41) is 5.28. The molecular weight excluding hydrogens is 301 g/mol. The SMILES string of the molecule is Clc1ccc([C@@H]2Nc3ccc(Cl)cc3[C@H]3C=CC[C@@H]32)cc1. The number of allylic oxidation sites excluding steroid dienone is 2. The van der Waals surface area contributed by atoms with Gasteiger partial charge in [0.15, 0.2) is 0 Å². The molecule has 0 amide bonds. The van der Waals surface area contributed by atoms with Gasteiger partial charge in [-0.25, -0.2) is 0 Å². The first-order valence-electron chi connectivity index (χ1n) is 7.20. The Morgan fingerprint density at radius 2 is 1.71 bits per heavy atom. The van der Waals surface area contributed by atoms with Gasteiger partial charge < -0.3 is 5.32 Å². The van der Waals surface area contributed by atoms with E-state index in [4.69, 9.17) is 23.2 Å².